The zero-order valence-corrected chi connectivity index (χ0v) is 12.0. The van der Waals surface area contributed by atoms with Crippen LogP contribution in [-0.2, 0) is 14.3 Å². The van der Waals surface area contributed by atoms with Crippen molar-refractivity contribution < 1.29 is 23.8 Å². The number of rotatable bonds is 9. The summed E-state index contributed by atoms with van der Waals surface area (Å²) in [4.78, 5) is 22.0. The van der Waals surface area contributed by atoms with Gasteiger partial charge in [-0.15, -0.1) is 0 Å². The van der Waals surface area contributed by atoms with Crippen molar-refractivity contribution in [3.8, 4) is 0 Å². The number of unbranched alkanes of at least 4 members (excludes halogenated alkanes) is 1. The molecule has 0 aromatic heterocycles. The first-order valence-electron chi connectivity index (χ1n) is 6.79. The lowest BCUT2D eigenvalue weighted by atomic mass is 10.1. The molecule has 0 aliphatic carbocycles. The Bertz CT molecular complexity index is 461. The molecule has 0 saturated carbocycles. The molecule has 1 atom stereocenters. The molecule has 0 saturated heterocycles. The van der Waals surface area contributed by atoms with Gasteiger partial charge in [0.15, 0.2) is 0 Å². The van der Waals surface area contributed by atoms with E-state index in [-0.39, 0.29) is 30.7 Å². The number of carboxylic acids is 1. The van der Waals surface area contributed by atoms with Gasteiger partial charge in [0, 0.05) is 26.5 Å². The molecule has 0 radical (unpaired) electrons. The third-order valence-electron chi connectivity index (χ3n) is 3.06. The van der Waals surface area contributed by atoms with Crippen LogP contribution in [0.25, 0.3) is 0 Å². The second-order valence-electron chi connectivity index (χ2n) is 4.68. The molecule has 0 bridgehead atoms. The largest absolute Gasteiger partial charge is 0.481 e. The maximum atomic E-state index is 12.8. The number of methoxy groups -OCH3 is 1. The number of hydrogen-bond acceptors (Lipinski definition) is 3. The van der Waals surface area contributed by atoms with Crippen LogP contribution in [-0.4, -0.2) is 30.6 Å². The van der Waals surface area contributed by atoms with Crippen LogP contribution in [0.2, 0.25) is 0 Å². The van der Waals surface area contributed by atoms with Crippen molar-refractivity contribution in [3.05, 3.63) is 35.6 Å². The highest BCUT2D eigenvalue weighted by atomic mass is 19.1. The van der Waals surface area contributed by atoms with Crippen molar-refractivity contribution in [2.24, 2.45) is 0 Å². The summed E-state index contributed by atoms with van der Waals surface area (Å²) < 4.78 is 18.1. The summed E-state index contributed by atoms with van der Waals surface area (Å²) in [5.74, 6) is -1.33. The highest BCUT2D eigenvalue weighted by Gasteiger charge is 2.12. The molecule has 1 rings (SSSR count). The summed E-state index contributed by atoms with van der Waals surface area (Å²) in [6, 6.07) is 5.91. The minimum Gasteiger partial charge on any atom is -0.481 e. The Hall–Kier alpha value is -1.95. The van der Waals surface area contributed by atoms with Crippen LogP contribution in [0.15, 0.2) is 24.3 Å². The lowest BCUT2D eigenvalue weighted by Gasteiger charge is -2.16. The summed E-state index contributed by atoms with van der Waals surface area (Å²) in [6.07, 6.45) is 1.03. The number of ether oxygens (including phenoxy) is 1. The predicted octanol–water partition coefficient (Wildman–Crippen LogP) is 2.27. The number of hydrogen-bond donors (Lipinski definition) is 2. The molecule has 0 spiro atoms. The molecule has 0 aliphatic heterocycles. The van der Waals surface area contributed by atoms with Crippen LogP contribution < -0.4 is 5.32 Å². The van der Waals surface area contributed by atoms with E-state index in [4.69, 9.17) is 9.84 Å². The fraction of sp³-hybridized carbons (Fsp3) is 0.467. The number of halogens is 1. The van der Waals surface area contributed by atoms with Crippen molar-refractivity contribution in [2.45, 2.75) is 31.8 Å². The molecule has 6 heteroatoms. The maximum absolute atomic E-state index is 12.8. The number of aliphatic carboxylic acids is 1. The van der Waals surface area contributed by atoms with E-state index in [0.29, 0.717) is 19.4 Å². The van der Waals surface area contributed by atoms with Crippen molar-refractivity contribution >= 4 is 11.9 Å². The van der Waals surface area contributed by atoms with E-state index in [1.807, 2.05) is 0 Å². The minimum atomic E-state index is -0.855. The zero-order chi connectivity index (χ0) is 15.7. The van der Waals surface area contributed by atoms with Gasteiger partial charge in [-0.3, -0.25) is 9.59 Å². The van der Waals surface area contributed by atoms with E-state index < -0.39 is 5.97 Å². The summed E-state index contributed by atoms with van der Waals surface area (Å²) in [5.41, 5.74) is 0.782. The number of benzene rings is 1. The van der Waals surface area contributed by atoms with Gasteiger partial charge in [0.25, 0.3) is 0 Å². The van der Waals surface area contributed by atoms with E-state index in [0.717, 1.165) is 5.56 Å². The fourth-order valence-corrected chi connectivity index (χ4v) is 1.87. The minimum absolute atomic E-state index is 0.0730. The third kappa shape index (κ3) is 6.85. The molecule has 0 heterocycles. The van der Waals surface area contributed by atoms with Crippen LogP contribution in [0, 0.1) is 5.82 Å². The van der Waals surface area contributed by atoms with Crippen molar-refractivity contribution in [1.29, 1.82) is 0 Å². The molecular formula is C15H20FNO4. The highest BCUT2D eigenvalue weighted by Crippen LogP contribution is 2.16. The van der Waals surface area contributed by atoms with Gasteiger partial charge in [0.1, 0.15) is 5.82 Å². The first-order chi connectivity index (χ1) is 10.0. The second kappa shape index (κ2) is 9.07. The van der Waals surface area contributed by atoms with Crippen LogP contribution in [0.1, 0.15) is 37.4 Å². The van der Waals surface area contributed by atoms with Gasteiger partial charge in [0.2, 0.25) is 5.91 Å². The fourth-order valence-electron chi connectivity index (χ4n) is 1.87. The molecule has 5 nitrogen and oxygen atoms in total. The van der Waals surface area contributed by atoms with Crippen LogP contribution in [0.3, 0.4) is 0 Å². The number of carbonyl (C=O) groups is 2. The number of carboxylic acid groups (broad SMARTS) is 1. The Balaban J connectivity index is 2.32. The zero-order valence-electron chi connectivity index (χ0n) is 12.0. The molecule has 1 amide bonds. The van der Waals surface area contributed by atoms with E-state index in [1.165, 1.54) is 19.2 Å². The normalized spacial score (nSPS) is 11.9. The summed E-state index contributed by atoms with van der Waals surface area (Å²) in [6.45, 7) is 0.292. The number of amides is 1. The van der Waals surface area contributed by atoms with Gasteiger partial charge < -0.3 is 15.2 Å². The molecule has 1 unspecified atom stereocenters. The Labute approximate surface area is 123 Å². The number of nitrogens with one attached hydrogen (secondary N) is 1. The Morgan fingerprint density at radius 3 is 2.43 bits per heavy atom. The van der Waals surface area contributed by atoms with Crippen LogP contribution in [0.4, 0.5) is 4.39 Å². The van der Waals surface area contributed by atoms with Gasteiger partial charge in [-0.2, -0.15) is 0 Å². The van der Waals surface area contributed by atoms with Gasteiger partial charge in [-0.05, 0) is 30.5 Å². The molecular weight excluding hydrogens is 277 g/mol. The topological polar surface area (TPSA) is 75.6 Å². The van der Waals surface area contributed by atoms with Crippen molar-refractivity contribution in [3.63, 3.8) is 0 Å². The van der Waals surface area contributed by atoms with Gasteiger partial charge in [-0.1, -0.05) is 12.1 Å². The molecule has 0 fully saturated rings. The summed E-state index contributed by atoms with van der Waals surface area (Å²) in [7, 11) is 1.52. The maximum Gasteiger partial charge on any atom is 0.303 e. The second-order valence-corrected chi connectivity index (χ2v) is 4.68. The molecule has 2 N–H and O–H groups in total. The Morgan fingerprint density at radius 2 is 1.86 bits per heavy atom. The smallest absolute Gasteiger partial charge is 0.303 e. The summed E-state index contributed by atoms with van der Waals surface area (Å²) in [5, 5.41) is 11.2. The third-order valence-corrected chi connectivity index (χ3v) is 3.06. The molecule has 0 aliphatic rings. The van der Waals surface area contributed by atoms with Gasteiger partial charge in [-0.25, -0.2) is 4.39 Å². The molecule has 21 heavy (non-hydrogen) atoms. The van der Waals surface area contributed by atoms with Crippen molar-refractivity contribution in [1.82, 2.24) is 5.32 Å². The summed E-state index contributed by atoms with van der Waals surface area (Å²) >= 11 is 0. The van der Waals surface area contributed by atoms with Crippen LogP contribution in [0.5, 0.6) is 0 Å². The predicted molar refractivity (Wildman–Crippen MR) is 75.3 cm³/mol. The highest BCUT2D eigenvalue weighted by molar-refractivity contribution is 5.76. The Morgan fingerprint density at radius 1 is 1.24 bits per heavy atom. The van der Waals surface area contributed by atoms with Gasteiger partial charge >= 0.3 is 5.97 Å². The monoisotopic (exact) mass is 297 g/mol. The average molecular weight is 297 g/mol. The van der Waals surface area contributed by atoms with Gasteiger partial charge in [0.05, 0.1) is 6.10 Å². The number of carbonyl (C=O) groups excluding carboxylic acids is 1. The first kappa shape index (κ1) is 17.1. The lowest BCUT2D eigenvalue weighted by Crippen LogP contribution is -2.28. The standard InChI is InChI=1S/C15H20FNO4/c1-21-13(11-6-8-12(16)9-7-11)10-17-14(18)4-2-3-5-15(19)20/h6-9,13H,2-5,10H2,1H3,(H,17,18)(H,19,20). The molecule has 1 aromatic carbocycles. The lowest BCUT2D eigenvalue weighted by molar-refractivity contribution is -0.137. The SMILES string of the molecule is COC(CNC(=O)CCCCC(=O)O)c1ccc(F)cc1. The van der Waals surface area contributed by atoms with E-state index >= 15 is 0 Å². The van der Waals surface area contributed by atoms with E-state index in [2.05, 4.69) is 5.32 Å². The molecule has 1 aromatic rings. The van der Waals surface area contributed by atoms with Crippen molar-refractivity contribution in [2.75, 3.05) is 13.7 Å². The molecule has 116 valence electrons. The first-order valence-corrected chi connectivity index (χ1v) is 6.79. The average Bonchev–Trinajstić information content (AvgIpc) is 2.46. The quantitative estimate of drug-likeness (QED) is 0.686. The van der Waals surface area contributed by atoms with Crippen LogP contribution >= 0.6 is 0 Å². The Kier molecular flexibility index (Phi) is 7.39. The van der Waals surface area contributed by atoms with E-state index in [9.17, 15) is 14.0 Å². The van der Waals surface area contributed by atoms with E-state index in [1.54, 1.807) is 12.1 Å².